The molecule has 0 saturated heterocycles. The van der Waals surface area contributed by atoms with Crippen LogP contribution in [-0.2, 0) is 4.79 Å². The molecular formula is C24H20BrClN4O2S. The number of aromatic hydroxyl groups is 1. The molecule has 168 valence electrons. The van der Waals surface area contributed by atoms with Crippen molar-refractivity contribution in [1.29, 1.82) is 0 Å². The van der Waals surface area contributed by atoms with Gasteiger partial charge in [-0.1, -0.05) is 57.0 Å². The number of halogens is 2. The fourth-order valence-corrected chi connectivity index (χ4v) is 4.59. The average molecular weight is 544 g/mol. The monoisotopic (exact) mass is 542 g/mol. The van der Waals surface area contributed by atoms with Crippen molar-refractivity contribution < 1.29 is 9.90 Å². The van der Waals surface area contributed by atoms with Gasteiger partial charge in [0.25, 0.3) is 0 Å². The fraction of sp³-hybridized carbons (Fsp3) is 0.125. The fourth-order valence-electron chi connectivity index (χ4n) is 3.36. The second-order valence-electron chi connectivity index (χ2n) is 7.44. The van der Waals surface area contributed by atoms with Gasteiger partial charge in [0, 0.05) is 15.2 Å². The number of carbonyl (C=O) groups excluding carboxylic acids is 1. The Kier molecular flexibility index (Phi) is 7.07. The highest BCUT2D eigenvalue weighted by Crippen LogP contribution is 2.35. The first-order valence-electron chi connectivity index (χ1n) is 10.0. The molecule has 0 radical (unpaired) electrons. The van der Waals surface area contributed by atoms with Crippen LogP contribution in [0.5, 0.6) is 5.75 Å². The number of thioether (sulfide) groups is 1. The van der Waals surface area contributed by atoms with Crippen molar-refractivity contribution in [1.82, 2.24) is 14.8 Å². The number of amides is 1. The standard InChI is InChI=1S/C24H20BrClN4O2S/c1-14-3-9-20(15(2)11-14)30-23(19-12-16(25)4-10-21(19)31)28-29-24(30)33-13-22(32)27-18-7-5-17(26)6-8-18/h3-12,31H,13H2,1-2H3,(H,27,32). The Labute approximate surface area is 209 Å². The third-order valence-electron chi connectivity index (χ3n) is 4.89. The highest BCUT2D eigenvalue weighted by molar-refractivity contribution is 9.10. The molecule has 0 aliphatic rings. The molecule has 2 N–H and O–H groups in total. The maximum Gasteiger partial charge on any atom is 0.234 e. The Bertz CT molecular complexity index is 1320. The molecule has 1 aromatic heterocycles. The van der Waals surface area contributed by atoms with Gasteiger partial charge in [-0.25, -0.2) is 0 Å². The third-order valence-corrected chi connectivity index (χ3v) is 6.56. The third kappa shape index (κ3) is 5.40. The van der Waals surface area contributed by atoms with Crippen molar-refractivity contribution >= 4 is 50.9 Å². The first-order valence-corrected chi connectivity index (χ1v) is 12.2. The molecule has 1 heterocycles. The number of hydrogen-bond donors (Lipinski definition) is 2. The Morgan fingerprint density at radius 1 is 1.09 bits per heavy atom. The van der Waals surface area contributed by atoms with Crippen LogP contribution in [0.3, 0.4) is 0 Å². The van der Waals surface area contributed by atoms with E-state index >= 15 is 0 Å². The van der Waals surface area contributed by atoms with Gasteiger partial charge in [0.15, 0.2) is 11.0 Å². The van der Waals surface area contributed by atoms with E-state index < -0.39 is 0 Å². The maximum absolute atomic E-state index is 12.5. The predicted octanol–water partition coefficient (Wildman–Crippen LogP) is 6.40. The molecule has 0 aliphatic heterocycles. The molecule has 0 saturated carbocycles. The summed E-state index contributed by atoms with van der Waals surface area (Å²) in [6.45, 7) is 4.04. The molecule has 0 unspecified atom stereocenters. The minimum absolute atomic E-state index is 0.0913. The summed E-state index contributed by atoms with van der Waals surface area (Å²) in [5, 5.41) is 23.2. The molecule has 0 aliphatic carbocycles. The normalized spacial score (nSPS) is 10.9. The van der Waals surface area contributed by atoms with Crippen LogP contribution in [0.4, 0.5) is 5.69 Å². The van der Waals surface area contributed by atoms with Crippen LogP contribution in [0.15, 0.2) is 70.3 Å². The second kappa shape index (κ2) is 9.99. The van der Waals surface area contributed by atoms with E-state index in [2.05, 4.69) is 37.5 Å². The number of nitrogens with one attached hydrogen (secondary N) is 1. The number of rotatable bonds is 6. The van der Waals surface area contributed by atoms with Crippen molar-refractivity contribution in [2.24, 2.45) is 0 Å². The van der Waals surface area contributed by atoms with Gasteiger partial charge in [0.05, 0.1) is 17.0 Å². The summed E-state index contributed by atoms with van der Waals surface area (Å²) in [6.07, 6.45) is 0. The number of anilines is 1. The summed E-state index contributed by atoms with van der Waals surface area (Å²) in [5.74, 6) is 0.537. The van der Waals surface area contributed by atoms with Crippen molar-refractivity contribution in [3.05, 3.63) is 81.3 Å². The van der Waals surface area contributed by atoms with Gasteiger partial charge < -0.3 is 10.4 Å². The average Bonchev–Trinajstić information content (AvgIpc) is 3.19. The lowest BCUT2D eigenvalue weighted by Gasteiger charge is -2.14. The quantitative estimate of drug-likeness (QED) is 0.275. The number of phenolic OH excluding ortho intramolecular Hbond substituents is 1. The van der Waals surface area contributed by atoms with Crippen LogP contribution in [-0.4, -0.2) is 31.5 Å². The van der Waals surface area contributed by atoms with E-state index in [1.807, 2.05) is 30.5 Å². The van der Waals surface area contributed by atoms with E-state index in [-0.39, 0.29) is 17.4 Å². The highest BCUT2D eigenvalue weighted by atomic mass is 79.9. The molecule has 33 heavy (non-hydrogen) atoms. The van der Waals surface area contributed by atoms with E-state index in [9.17, 15) is 9.90 Å². The number of nitrogens with zero attached hydrogens (tertiary/aromatic N) is 3. The second-order valence-corrected chi connectivity index (χ2v) is 9.73. The van der Waals surface area contributed by atoms with Gasteiger partial charge in [-0.15, -0.1) is 10.2 Å². The lowest BCUT2D eigenvalue weighted by atomic mass is 10.1. The van der Waals surface area contributed by atoms with Crippen LogP contribution < -0.4 is 5.32 Å². The minimum atomic E-state index is -0.177. The van der Waals surface area contributed by atoms with E-state index in [0.29, 0.717) is 27.3 Å². The van der Waals surface area contributed by atoms with Crippen molar-refractivity contribution in [2.75, 3.05) is 11.1 Å². The van der Waals surface area contributed by atoms with Gasteiger partial charge in [-0.2, -0.15) is 0 Å². The Balaban J connectivity index is 1.68. The first kappa shape index (κ1) is 23.4. The van der Waals surface area contributed by atoms with Gasteiger partial charge in [0.2, 0.25) is 5.91 Å². The summed E-state index contributed by atoms with van der Waals surface area (Å²) in [6, 6.07) is 18.2. The van der Waals surface area contributed by atoms with Crippen molar-refractivity contribution in [3.63, 3.8) is 0 Å². The molecule has 0 bridgehead atoms. The smallest absolute Gasteiger partial charge is 0.234 e. The van der Waals surface area contributed by atoms with E-state index in [0.717, 1.165) is 21.3 Å². The van der Waals surface area contributed by atoms with Crippen LogP contribution >= 0.6 is 39.3 Å². The molecule has 3 aromatic carbocycles. The van der Waals surface area contributed by atoms with E-state index in [1.54, 1.807) is 42.5 Å². The zero-order valence-electron chi connectivity index (χ0n) is 17.8. The summed E-state index contributed by atoms with van der Waals surface area (Å²) in [7, 11) is 0. The molecular weight excluding hydrogens is 524 g/mol. The molecule has 1 amide bonds. The molecule has 0 atom stereocenters. The van der Waals surface area contributed by atoms with E-state index in [4.69, 9.17) is 11.6 Å². The highest BCUT2D eigenvalue weighted by Gasteiger charge is 2.21. The largest absolute Gasteiger partial charge is 0.507 e. The molecule has 4 rings (SSSR count). The van der Waals surface area contributed by atoms with Gasteiger partial charge in [0.1, 0.15) is 5.75 Å². The predicted molar refractivity (Wildman–Crippen MR) is 136 cm³/mol. The van der Waals surface area contributed by atoms with Gasteiger partial charge >= 0.3 is 0 Å². The lowest BCUT2D eigenvalue weighted by molar-refractivity contribution is -0.113. The van der Waals surface area contributed by atoms with Gasteiger partial charge in [-0.3, -0.25) is 9.36 Å². The molecule has 4 aromatic rings. The molecule has 0 fully saturated rings. The van der Waals surface area contributed by atoms with Crippen molar-refractivity contribution in [2.45, 2.75) is 19.0 Å². The summed E-state index contributed by atoms with van der Waals surface area (Å²) in [4.78, 5) is 12.5. The number of carbonyl (C=O) groups is 1. The van der Waals surface area contributed by atoms with Crippen LogP contribution in [0.25, 0.3) is 17.1 Å². The number of aromatic nitrogens is 3. The number of aryl methyl sites for hydroxylation is 2. The maximum atomic E-state index is 12.5. The zero-order valence-corrected chi connectivity index (χ0v) is 21.0. The number of phenols is 1. The number of benzene rings is 3. The lowest BCUT2D eigenvalue weighted by Crippen LogP contribution is -2.14. The number of hydrogen-bond acceptors (Lipinski definition) is 5. The minimum Gasteiger partial charge on any atom is -0.507 e. The summed E-state index contributed by atoms with van der Waals surface area (Å²) < 4.78 is 2.68. The topological polar surface area (TPSA) is 80.0 Å². The van der Waals surface area contributed by atoms with Crippen LogP contribution in [0.1, 0.15) is 11.1 Å². The van der Waals surface area contributed by atoms with Gasteiger partial charge in [-0.05, 0) is 67.9 Å². The Morgan fingerprint density at radius 3 is 2.58 bits per heavy atom. The molecule has 9 heteroatoms. The molecule has 6 nitrogen and oxygen atoms in total. The van der Waals surface area contributed by atoms with Crippen LogP contribution in [0, 0.1) is 13.8 Å². The molecule has 0 spiro atoms. The van der Waals surface area contributed by atoms with Crippen LogP contribution in [0.2, 0.25) is 5.02 Å². The van der Waals surface area contributed by atoms with Crippen molar-refractivity contribution in [3.8, 4) is 22.8 Å². The SMILES string of the molecule is Cc1ccc(-n2c(SCC(=O)Nc3ccc(Cl)cc3)nnc2-c2cc(Br)ccc2O)c(C)c1. The summed E-state index contributed by atoms with van der Waals surface area (Å²) >= 11 is 10.6. The Hall–Kier alpha value is -2.81. The first-order chi connectivity index (χ1) is 15.8. The van der Waals surface area contributed by atoms with E-state index in [1.165, 1.54) is 11.8 Å². The summed E-state index contributed by atoms with van der Waals surface area (Å²) in [5.41, 5.74) is 4.24. The zero-order chi connectivity index (χ0) is 23.5. The Morgan fingerprint density at radius 2 is 1.85 bits per heavy atom.